The van der Waals surface area contributed by atoms with E-state index in [1.165, 1.54) is 12.1 Å². The van der Waals surface area contributed by atoms with E-state index >= 15 is 0 Å². The summed E-state index contributed by atoms with van der Waals surface area (Å²) in [6.45, 7) is 1.87. The van der Waals surface area contributed by atoms with Gasteiger partial charge in [-0.1, -0.05) is 45.7 Å². The van der Waals surface area contributed by atoms with Crippen molar-refractivity contribution in [2.24, 2.45) is 0 Å². The number of likely N-dealkylation sites (tertiary alicyclic amines) is 1. The van der Waals surface area contributed by atoms with Crippen molar-refractivity contribution in [2.75, 3.05) is 25.5 Å². The summed E-state index contributed by atoms with van der Waals surface area (Å²) >= 11 is 9.92. The van der Waals surface area contributed by atoms with Gasteiger partial charge in [0, 0.05) is 46.2 Å². The third kappa shape index (κ3) is 4.62. The zero-order valence-electron chi connectivity index (χ0n) is 21.3. The van der Waals surface area contributed by atoms with Gasteiger partial charge in [-0.15, -0.1) is 0 Å². The SMILES string of the molecule is CN1CCC(Oc2ccc(Br)cc2[C@H]2CC(=O)N[C@@H](c3cccc(F)c3)C23C(=O)Nc2cc(Cl)ccc23)CC1. The smallest absolute Gasteiger partial charge is 0.238 e. The minimum Gasteiger partial charge on any atom is -0.490 e. The highest BCUT2D eigenvalue weighted by molar-refractivity contribution is 9.10. The van der Waals surface area contributed by atoms with E-state index in [2.05, 4.69) is 38.5 Å². The lowest BCUT2D eigenvalue weighted by molar-refractivity contribution is -0.131. The number of nitrogens with zero attached hydrogens (tertiary/aromatic N) is 1. The lowest BCUT2D eigenvalue weighted by atomic mass is 9.59. The number of carbonyl (C=O) groups excluding carboxylic acids is 2. The maximum Gasteiger partial charge on any atom is 0.238 e. The molecule has 0 radical (unpaired) electrons. The minimum atomic E-state index is -1.27. The van der Waals surface area contributed by atoms with Crippen molar-refractivity contribution in [1.82, 2.24) is 10.2 Å². The topological polar surface area (TPSA) is 70.7 Å². The largest absolute Gasteiger partial charge is 0.490 e. The Kier molecular flexibility index (Phi) is 6.90. The number of rotatable bonds is 4. The molecule has 2 N–H and O–H groups in total. The molecule has 3 aliphatic rings. The molecule has 6 rings (SSSR count). The van der Waals surface area contributed by atoms with Gasteiger partial charge in [0.05, 0.1) is 6.04 Å². The van der Waals surface area contributed by atoms with Crippen LogP contribution in [-0.2, 0) is 15.0 Å². The molecule has 0 aromatic heterocycles. The van der Waals surface area contributed by atoms with Crippen LogP contribution < -0.4 is 15.4 Å². The van der Waals surface area contributed by atoms with E-state index in [4.69, 9.17) is 16.3 Å². The van der Waals surface area contributed by atoms with E-state index in [-0.39, 0.29) is 24.3 Å². The summed E-state index contributed by atoms with van der Waals surface area (Å²) in [6, 6.07) is 16.3. The predicted molar refractivity (Wildman–Crippen MR) is 152 cm³/mol. The number of hydrogen-bond donors (Lipinski definition) is 2. The number of benzene rings is 3. The van der Waals surface area contributed by atoms with Crippen molar-refractivity contribution in [2.45, 2.75) is 42.7 Å². The Hall–Kier alpha value is -2.94. The first-order valence-corrected chi connectivity index (χ1v) is 14.2. The zero-order chi connectivity index (χ0) is 27.3. The van der Waals surface area contributed by atoms with Gasteiger partial charge in [-0.05, 0) is 73.5 Å². The van der Waals surface area contributed by atoms with Gasteiger partial charge >= 0.3 is 0 Å². The van der Waals surface area contributed by atoms with Gasteiger partial charge in [0.25, 0.3) is 0 Å². The Bertz CT molecular complexity index is 1460. The molecule has 6 nitrogen and oxygen atoms in total. The number of piperidine rings is 2. The molecule has 2 amide bonds. The van der Waals surface area contributed by atoms with Crippen molar-refractivity contribution in [3.63, 3.8) is 0 Å². The Morgan fingerprint density at radius 1 is 1.08 bits per heavy atom. The van der Waals surface area contributed by atoms with Gasteiger partial charge in [-0.3, -0.25) is 9.59 Å². The monoisotopic (exact) mass is 611 g/mol. The van der Waals surface area contributed by atoms with Crippen LogP contribution in [-0.4, -0.2) is 43.0 Å². The number of ether oxygens (including phenoxy) is 1. The highest BCUT2D eigenvalue weighted by Gasteiger charge is 2.61. The Morgan fingerprint density at radius 2 is 1.87 bits per heavy atom. The molecule has 39 heavy (non-hydrogen) atoms. The average Bonchev–Trinajstić information content (AvgIpc) is 3.18. The number of halogens is 3. The highest BCUT2D eigenvalue weighted by atomic mass is 79.9. The summed E-state index contributed by atoms with van der Waals surface area (Å²) in [5, 5.41) is 6.55. The third-order valence-corrected chi connectivity index (χ3v) is 8.97. The van der Waals surface area contributed by atoms with E-state index < -0.39 is 23.2 Å². The molecule has 1 spiro atoms. The quantitative estimate of drug-likeness (QED) is 0.382. The Labute approximate surface area is 240 Å². The van der Waals surface area contributed by atoms with Gasteiger partial charge in [0.2, 0.25) is 11.8 Å². The van der Waals surface area contributed by atoms with Crippen LogP contribution in [0.15, 0.2) is 65.1 Å². The summed E-state index contributed by atoms with van der Waals surface area (Å²) in [5.41, 5.74) is 1.30. The molecule has 0 saturated carbocycles. The van der Waals surface area contributed by atoms with Crippen LogP contribution in [0.25, 0.3) is 0 Å². The molecule has 9 heteroatoms. The second-order valence-corrected chi connectivity index (χ2v) is 12.0. The molecule has 3 heterocycles. The van der Waals surface area contributed by atoms with E-state index in [0.29, 0.717) is 27.6 Å². The first-order chi connectivity index (χ1) is 18.8. The minimum absolute atomic E-state index is 0.0250. The van der Waals surface area contributed by atoms with Crippen molar-refractivity contribution in [3.8, 4) is 5.75 Å². The van der Waals surface area contributed by atoms with E-state index in [0.717, 1.165) is 36.0 Å². The fraction of sp³-hybridized carbons (Fsp3) is 0.333. The molecule has 1 unspecified atom stereocenters. The van der Waals surface area contributed by atoms with Gasteiger partial charge in [0.15, 0.2) is 0 Å². The van der Waals surface area contributed by atoms with Gasteiger partial charge in [-0.25, -0.2) is 4.39 Å². The van der Waals surface area contributed by atoms with Crippen LogP contribution in [0, 0.1) is 5.82 Å². The van der Waals surface area contributed by atoms with Crippen LogP contribution >= 0.6 is 27.5 Å². The van der Waals surface area contributed by atoms with Crippen molar-refractivity contribution in [1.29, 1.82) is 0 Å². The maximum atomic E-state index is 14.5. The van der Waals surface area contributed by atoms with Crippen LogP contribution in [0.4, 0.5) is 10.1 Å². The third-order valence-electron chi connectivity index (χ3n) is 8.24. The summed E-state index contributed by atoms with van der Waals surface area (Å²) in [5.74, 6) is -0.882. The fourth-order valence-electron chi connectivity index (χ4n) is 6.41. The first kappa shape index (κ1) is 26.3. The standard InChI is InChI=1S/C30H28BrClFN3O3/c1-36-11-9-21(10-12-36)39-26-8-5-18(31)14-22(26)24-16-27(37)35-28(17-3-2-4-20(33)13-17)30(24)23-7-6-19(32)15-25(23)34-29(30)38/h2-8,13-15,21,24,28H,9-12,16H2,1H3,(H,34,38)(H,35,37)/t24-,28+,30?/m1/s1. The van der Waals surface area contributed by atoms with Crippen LogP contribution in [0.5, 0.6) is 5.75 Å². The second kappa shape index (κ2) is 10.2. The maximum absolute atomic E-state index is 14.5. The van der Waals surface area contributed by atoms with Crippen LogP contribution in [0.2, 0.25) is 5.02 Å². The van der Waals surface area contributed by atoms with Gasteiger partial charge < -0.3 is 20.3 Å². The Morgan fingerprint density at radius 3 is 2.64 bits per heavy atom. The van der Waals surface area contributed by atoms with E-state index in [9.17, 15) is 14.0 Å². The highest BCUT2D eigenvalue weighted by Crippen LogP contribution is 2.58. The van der Waals surface area contributed by atoms with Crippen LogP contribution in [0.1, 0.15) is 47.9 Å². The predicted octanol–water partition coefficient (Wildman–Crippen LogP) is 5.95. The number of anilines is 1. The molecule has 0 aliphatic carbocycles. The Balaban J connectivity index is 1.55. The number of hydrogen-bond acceptors (Lipinski definition) is 4. The van der Waals surface area contributed by atoms with Crippen LogP contribution in [0.3, 0.4) is 0 Å². The molecular formula is C30H28BrClFN3O3. The van der Waals surface area contributed by atoms with Crippen molar-refractivity contribution < 1.29 is 18.7 Å². The van der Waals surface area contributed by atoms with Crippen molar-refractivity contribution in [3.05, 3.63) is 92.7 Å². The van der Waals surface area contributed by atoms with E-state index in [1.54, 1.807) is 24.3 Å². The molecule has 3 aliphatic heterocycles. The fourth-order valence-corrected chi connectivity index (χ4v) is 6.96. The molecule has 3 atom stereocenters. The molecule has 2 fully saturated rings. The number of amides is 2. The van der Waals surface area contributed by atoms with E-state index in [1.807, 2.05) is 24.3 Å². The molecule has 0 bridgehead atoms. The summed E-state index contributed by atoms with van der Waals surface area (Å²) in [6.07, 6.45) is 1.85. The second-order valence-electron chi connectivity index (χ2n) is 10.6. The number of nitrogens with one attached hydrogen (secondary N) is 2. The first-order valence-electron chi connectivity index (χ1n) is 13.1. The lowest BCUT2D eigenvalue weighted by Gasteiger charge is -2.46. The van der Waals surface area contributed by atoms with Gasteiger partial charge in [0.1, 0.15) is 23.1 Å². The molecule has 202 valence electrons. The molecular weight excluding hydrogens is 585 g/mol. The normalized spacial score (nSPS) is 25.3. The van der Waals surface area contributed by atoms with Crippen molar-refractivity contribution >= 4 is 45.0 Å². The number of fused-ring (bicyclic) bond motifs is 2. The molecule has 3 aromatic rings. The summed E-state index contributed by atoms with van der Waals surface area (Å²) in [4.78, 5) is 29.9. The molecule has 3 aromatic carbocycles. The number of carbonyl (C=O) groups is 2. The average molecular weight is 613 g/mol. The summed E-state index contributed by atoms with van der Waals surface area (Å²) in [7, 11) is 2.10. The lowest BCUT2D eigenvalue weighted by Crippen LogP contribution is -2.57. The van der Waals surface area contributed by atoms with Gasteiger partial charge in [-0.2, -0.15) is 0 Å². The molecule has 2 saturated heterocycles. The summed E-state index contributed by atoms with van der Waals surface area (Å²) < 4.78 is 21.9. The zero-order valence-corrected chi connectivity index (χ0v) is 23.7.